The average Bonchev–Trinajstić information content (AvgIpc) is 2.80. The second-order valence-electron chi connectivity index (χ2n) is 7.52. The van der Waals surface area contributed by atoms with Gasteiger partial charge in [-0.05, 0) is 54.3 Å². The maximum Gasteiger partial charge on any atom is 0.416 e. The number of alkyl halides is 3. The van der Waals surface area contributed by atoms with Crippen LogP contribution in [0.15, 0.2) is 72.8 Å². The Balaban J connectivity index is 1.87. The van der Waals surface area contributed by atoms with E-state index in [1.54, 1.807) is 6.07 Å². The minimum Gasteiger partial charge on any atom is -0.357 e. The van der Waals surface area contributed by atoms with E-state index >= 15 is 0 Å². The van der Waals surface area contributed by atoms with Gasteiger partial charge >= 0.3 is 6.18 Å². The van der Waals surface area contributed by atoms with E-state index in [4.69, 9.17) is 11.6 Å². The quantitative estimate of drug-likeness (QED) is 0.379. The molecule has 1 amide bonds. The molecule has 0 radical (unpaired) electrons. The van der Waals surface area contributed by atoms with E-state index in [-0.39, 0.29) is 10.9 Å². The molecule has 3 aromatic rings. The van der Waals surface area contributed by atoms with Crippen molar-refractivity contribution in [1.82, 2.24) is 5.32 Å². The highest BCUT2D eigenvalue weighted by molar-refractivity contribution is 6.31. The van der Waals surface area contributed by atoms with Gasteiger partial charge in [0, 0.05) is 19.3 Å². The molecule has 3 nitrogen and oxygen atoms in total. The summed E-state index contributed by atoms with van der Waals surface area (Å²) in [7, 11) is 1.54. The lowest BCUT2D eigenvalue weighted by Gasteiger charge is -2.33. The van der Waals surface area contributed by atoms with Crippen molar-refractivity contribution in [1.29, 1.82) is 0 Å². The highest BCUT2D eigenvalue weighted by atomic mass is 35.5. The zero-order valence-electron chi connectivity index (χ0n) is 17.9. The third-order valence-electron chi connectivity index (χ3n) is 5.30. The zero-order valence-corrected chi connectivity index (χ0v) is 18.6. The van der Waals surface area contributed by atoms with E-state index < -0.39 is 23.6 Å². The Morgan fingerprint density at radius 3 is 2.27 bits per heavy atom. The average molecular weight is 479 g/mol. The first-order valence-electron chi connectivity index (χ1n) is 10.3. The molecule has 3 rings (SSSR count). The predicted octanol–water partition coefficient (Wildman–Crippen LogP) is 6.42. The highest BCUT2D eigenvalue weighted by Crippen LogP contribution is 2.32. The van der Waals surface area contributed by atoms with Crippen LogP contribution < -0.4 is 10.2 Å². The molecular weight excluding hydrogens is 456 g/mol. The highest BCUT2D eigenvalue weighted by Gasteiger charge is 2.30. The molecule has 0 aliphatic heterocycles. The molecule has 33 heavy (non-hydrogen) atoms. The molecule has 0 aromatic heterocycles. The number of halogens is 5. The molecule has 0 heterocycles. The van der Waals surface area contributed by atoms with Crippen molar-refractivity contribution in [3.05, 3.63) is 100 Å². The summed E-state index contributed by atoms with van der Waals surface area (Å²) in [5, 5.41) is 2.61. The Bertz CT molecular complexity index is 1070. The smallest absolute Gasteiger partial charge is 0.357 e. The van der Waals surface area contributed by atoms with Gasteiger partial charge in [0.25, 0.3) is 0 Å². The fraction of sp³-hybridized carbons (Fsp3) is 0.240. The van der Waals surface area contributed by atoms with Gasteiger partial charge in [0.15, 0.2) is 0 Å². The lowest BCUT2D eigenvalue weighted by molar-refractivity contribution is -0.137. The number of amides is 1. The summed E-state index contributed by atoms with van der Waals surface area (Å²) in [6, 6.07) is 17.7. The standard InChI is InChI=1S/C25H23ClF4N2O/c1-31-24(33)23(18-7-3-2-4-8-18)32(20-13-14-22(27)21(26)16-20)15-5-6-17-9-11-19(12-10-17)25(28,29)30/h2-4,7-14,16,23H,5-6,15H2,1H3,(H,31,33). The number of nitrogens with one attached hydrogen (secondary N) is 1. The van der Waals surface area contributed by atoms with Crippen LogP contribution in [0.2, 0.25) is 5.02 Å². The molecule has 0 fully saturated rings. The summed E-state index contributed by atoms with van der Waals surface area (Å²) in [6.07, 6.45) is -3.34. The molecule has 3 aromatic carbocycles. The van der Waals surface area contributed by atoms with E-state index in [9.17, 15) is 22.4 Å². The molecule has 8 heteroatoms. The number of benzene rings is 3. The van der Waals surface area contributed by atoms with E-state index in [1.165, 1.54) is 31.3 Å². The Labute approximate surface area is 195 Å². The van der Waals surface area contributed by atoms with E-state index in [1.807, 2.05) is 35.2 Å². The Hall–Kier alpha value is -3.06. The second-order valence-corrected chi connectivity index (χ2v) is 7.92. The predicted molar refractivity (Wildman–Crippen MR) is 122 cm³/mol. The van der Waals surface area contributed by atoms with Crippen LogP contribution in [0.4, 0.5) is 23.2 Å². The number of aryl methyl sites for hydroxylation is 1. The van der Waals surface area contributed by atoms with Crippen LogP contribution in [0.25, 0.3) is 0 Å². The van der Waals surface area contributed by atoms with Crippen LogP contribution in [0.1, 0.15) is 29.2 Å². The summed E-state index contributed by atoms with van der Waals surface area (Å²) >= 11 is 6.01. The van der Waals surface area contributed by atoms with Crippen molar-refractivity contribution in [2.24, 2.45) is 0 Å². The number of carbonyl (C=O) groups excluding carboxylic acids is 1. The summed E-state index contributed by atoms with van der Waals surface area (Å²) in [5.41, 5.74) is 1.35. The Morgan fingerprint density at radius 2 is 1.70 bits per heavy atom. The van der Waals surface area contributed by atoms with Gasteiger partial charge in [-0.3, -0.25) is 4.79 Å². The van der Waals surface area contributed by atoms with Crippen molar-refractivity contribution >= 4 is 23.2 Å². The van der Waals surface area contributed by atoms with Gasteiger partial charge in [0.2, 0.25) is 5.91 Å². The third kappa shape index (κ3) is 6.26. The van der Waals surface area contributed by atoms with Crippen LogP contribution in [-0.4, -0.2) is 19.5 Å². The van der Waals surface area contributed by atoms with Crippen LogP contribution in [0, 0.1) is 5.82 Å². The van der Waals surface area contributed by atoms with Crippen LogP contribution in [-0.2, 0) is 17.4 Å². The van der Waals surface area contributed by atoms with Gasteiger partial charge in [-0.1, -0.05) is 54.1 Å². The van der Waals surface area contributed by atoms with Gasteiger partial charge in [-0.2, -0.15) is 13.2 Å². The first-order valence-corrected chi connectivity index (χ1v) is 10.7. The maximum absolute atomic E-state index is 13.8. The maximum atomic E-state index is 13.8. The molecule has 0 aliphatic carbocycles. The fourth-order valence-electron chi connectivity index (χ4n) is 3.63. The summed E-state index contributed by atoms with van der Waals surface area (Å²) < 4.78 is 52.2. The number of hydrogen-bond donors (Lipinski definition) is 1. The van der Waals surface area contributed by atoms with Gasteiger partial charge in [-0.25, -0.2) is 4.39 Å². The van der Waals surface area contributed by atoms with Gasteiger partial charge in [0.05, 0.1) is 10.6 Å². The Morgan fingerprint density at radius 1 is 1.03 bits per heavy atom. The van der Waals surface area contributed by atoms with Crippen LogP contribution >= 0.6 is 11.6 Å². The van der Waals surface area contributed by atoms with Crippen molar-refractivity contribution < 1.29 is 22.4 Å². The van der Waals surface area contributed by atoms with E-state index in [0.717, 1.165) is 23.3 Å². The van der Waals surface area contributed by atoms with Crippen molar-refractivity contribution in [2.75, 3.05) is 18.5 Å². The number of rotatable bonds is 8. The number of carbonyl (C=O) groups is 1. The normalized spacial score (nSPS) is 12.3. The van der Waals surface area contributed by atoms with Gasteiger partial charge in [0.1, 0.15) is 11.9 Å². The molecule has 0 saturated heterocycles. The van der Waals surface area contributed by atoms with E-state index in [0.29, 0.717) is 25.1 Å². The summed E-state index contributed by atoms with van der Waals surface area (Å²) in [6.45, 7) is 0.385. The molecule has 0 aliphatic rings. The number of nitrogens with zero attached hydrogens (tertiary/aromatic N) is 1. The second kappa shape index (κ2) is 10.7. The lowest BCUT2D eigenvalue weighted by atomic mass is 10.0. The molecule has 0 spiro atoms. The molecular formula is C25H23ClF4N2O. The van der Waals surface area contributed by atoms with Gasteiger partial charge < -0.3 is 10.2 Å². The van der Waals surface area contributed by atoms with E-state index in [2.05, 4.69) is 5.32 Å². The molecule has 174 valence electrons. The fourth-order valence-corrected chi connectivity index (χ4v) is 3.80. The molecule has 0 bridgehead atoms. The van der Waals surface area contributed by atoms with Crippen LogP contribution in [0.3, 0.4) is 0 Å². The monoisotopic (exact) mass is 478 g/mol. The van der Waals surface area contributed by atoms with Gasteiger partial charge in [-0.15, -0.1) is 0 Å². The Kier molecular flexibility index (Phi) is 7.97. The van der Waals surface area contributed by atoms with Crippen molar-refractivity contribution in [3.63, 3.8) is 0 Å². The van der Waals surface area contributed by atoms with Crippen molar-refractivity contribution in [2.45, 2.75) is 25.1 Å². The summed E-state index contributed by atoms with van der Waals surface area (Å²) in [5.74, 6) is -0.822. The first kappa shape index (κ1) is 24.6. The molecule has 1 atom stereocenters. The SMILES string of the molecule is CNC(=O)C(c1ccccc1)N(CCCc1ccc(C(F)(F)F)cc1)c1ccc(F)c(Cl)c1. The summed E-state index contributed by atoms with van der Waals surface area (Å²) in [4.78, 5) is 14.7. The number of anilines is 1. The number of likely N-dealkylation sites (N-methyl/N-ethyl adjacent to an activating group) is 1. The minimum atomic E-state index is -4.38. The third-order valence-corrected chi connectivity index (χ3v) is 5.59. The topological polar surface area (TPSA) is 32.3 Å². The van der Waals surface area contributed by atoms with Crippen molar-refractivity contribution in [3.8, 4) is 0 Å². The lowest BCUT2D eigenvalue weighted by Crippen LogP contribution is -2.40. The number of hydrogen-bond acceptors (Lipinski definition) is 2. The molecule has 1 unspecified atom stereocenters. The first-order chi connectivity index (χ1) is 15.7. The zero-order chi connectivity index (χ0) is 24.0. The van der Waals surface area contributed by atoms with Crippen LogP contribution in [0.5, 0.6) is 0 Å². The molecule has 1 N–H and O–H groups in total. The molecule has 0 saturated carbocycles. The largest absolute Gasteiger partial charge is 0.416 e. The minimum absolute atomic E-state index is 0.0658.